The van der Waals surface area contributed by atoms with Crippen LogP contribution < -0.4 is 14.6 Å². The first kappa shape index (κ1) is 59.9. The minimum Gasteiger partial charge on any atom is -0.423 e. The van der Waals surface area contributed by atoms with Crippen LogP contribution in [-0.2, 0) is 10.8 Å². The topological polar surface area (TPSA) is 48.2 Å². The second-order valence-corrected chi connectivity index (χ2v) is 27.8. The maximum atomic E-state index is 9.17. The van der Waals surface area contributed by atoms with E-state index >= 15 is 0 Å². The van der Waals surface area contributed by atoms with Crippen molar-refractivity contribution in [2.24, 2.45) is 0 Å². The predicted octanol–water partition coefficient (Wildman–Crippen LogP) is 20.3. The third kappa shape index (κ3) is 9.34. The Balaban J connectivity index is 0.000000118. The summed E-state index contributed by atoms with van der Waals surface area (Å²) < 4.78 is 5.81. The summed E-state index contributed by atoms with van der Waals surface area (Å²) in [4.78, 5) is 0. The second kappa shape index (κ2) is 23.9. The van der Waals surface area contributed by atoms with Crippen LogP contribution in [0.15, 0.2) is 345 Å². The number of halogens is 3. The van der Waals surface area contributed by atoms with Gasteiger partial charge in [0.1, 0.15) is 0 Å². The molecular weight excluding hydrogens is 1300 g/mol. The molecule has 0 saturated carbocycles. The molecule has 14 aromatic carbocycles. The number of hydrogen-bond donors (Lipinski definition) is 2. The summed E-state index contributed by atoms with van der Waals surface area (Å²) in [6, 6.07) is 114. The smallest absolute Gasteiger partial charge is 0.423 e. The number of hydrogen-bond acceptors (Lipinski definition) is 2. The summed E-state index contributed by atoms with van der Waals surface area (Å²) in [5.74, 6) is 0. The number of fused-ring (bicyclic) bond motifs is 24. The van der Waals surface area contributed by atoms with Crippen LogP contribution >= 0.6 is 39.1 Å². The van der Waals surface area contributed by atoms with Gasteiger partial charge in [-0.15, -0.1) is 0 Å². The summed E-state index contributed by atoms with van der Waals surface area (Å²) in [5, 5.41) is 28.9. The Morgan fingerprint density at radius 3 is 1.10 bits per heavy atom. The highest BCUT2D eigenvalue weighted by Crippen LogP contribution is 2.63. The number of pyridine rings is 2. The van der Waals surface area contributed by atoms with Gasteiger partial charge in [0.25, 0.3) is 0 Å². The molecule has 464 valence electrons. The number of benzene rings is 14. The van der Waals surface area contributed by atoms with Crippen LogP contribution in [0.1, 0.15) is 78.8 Å². The molecule has 0 aliphatic heterocycles. The molecule has 0 amide bonds. The van der Waals surface area contributed by atoms with Gasteiger partial charge in [-0.25, -0.2) is 0 Å². The monoisotopic (exact) mass is 1360 g/mol. The van der Waals surface area contributed by atoms with E-state index in [0.717, 1.165) is 36.4 Å². The van der Waals surface area contributed by atoms with E-state index in [9.17, 15) is 10.0 Å². The number of aromatic nitrogens is 2. The van der Waals surface area contributed by atoms with E-state index in [1.54, 1.807) is 12.1 Å². The van der Waals surface area contributed by atoms with E-state index in [4.69, 9.17) is 23.2 Å². The van der Waals surface area contributed by atoms with Crippen molar-refractivity contribution in [3.05, 3.63) is 422 Å². The molecule has 2 heterocycles. The Morgan fingerprint density at radius 2 is 0.643 bits per heavy atom. The second-order valence-electron chi connectivity index (χ2n) is 26.0. The average Bonchev–Trinajstić information content (AvgIpc) is 1.47. The molecule has 2 aromatic heterocycles. The Hall–Kier alpha value is -10.5. The van der Waals surface area contributed by atoms with Gasteiger partial charge in [-0.05, 0) is 175 Å². The zero-order valence-electron chi connectivity index (χ0n) is 53.0. The lowest BCUT2D eigenvalue weighted by Gasteiger charge is -2.41. The lowest BCUT2D eigenvalue weighted by atomic mass is 9.60. The van der Waals surface area contributed by atoms with Crippen LogP contribution in [0.4, 0.5) is 0 Å². The van der Waals surface area contributed by atoms with Gasteiger partial charge >= 0.3 is 7.12 Å². The zero-order valence-corrected chi connectivity index (χ0v) is 56.1. The zero-order chi connectivity index (χ0) is 65.8. The fourth-order valence-electron chi connectivity index (χ4n) is 17.1. The molecular formula is C90H60BBrCl2N2O2+2. The van der Waals surface area contributed by atoms with Gasteiger partial charge in [0, 0.05) is 61.0 Å². The molecule has 4 nitrogen and oxygen atoms in total. The van der Waals surface area contributed by atoms with Crippen molar-refractivity contribution < 1.29 is 19.2 Å². The van der Waals surface area contributed by atoms with Crippen molar-refractivity contribution in [2.45, 2.75) is 22.9 Å². The maximum Gasteiger partial charge on any atom is 0.488 e. The first-order valence-electron chi connectivity index (χ1n) is 33.2. The Bertz CT molecular complexity index is 5810. The van der Waals surface area contributed by atoms with Crippen LogP contribution in [0.2, 0.25) is 10.0 Å². The predicted molar refractivity (Wildman–Crippen MR) is 405 cm³/mol. The molecule has 4 aliphatic carbocycles. The van der Waals surface area contributed by atoms with Crippen LogP contribution in [0, 0.1) is 0 Å². The maximum absolute atomic E-state index is 9.17. The van der Waals surface area contributed by atoms with Crippen LogP contribution in [-0.4, -0.2) is 17.2 Å². The molecule has 2 spiro atoms. The average molecular weight is 1360 g/mol. The third-order valence-corrected chi connectivity index (χ3v) is 22.0. The van der Waals surface area contributed by atoms with Gasteiger partial charge < -0.3 is 10.0 Å². The highest BCUT2D eigenvalue weighted by Gasteiger charge is 2.55. The Labute approximate surface area is 587 Å². The third-order valence-electron chi connectivity index (χ3n) is 21.0. The van der Waals surface area contributed by atoms with Crippen LogP contribution in [0.5, 0.6) is 0 Å². The largest absolute Gasteiger partial charge is 0.488 e. The van der Waals surface area contributed by atoms with Gasteiger partial charge in [0.15, 0.2) is 24.8 Å². The van der Waals surface area contributed by atoms with E-state index in [-0.39, 0.29) is 17.5 Å². The van der Waals surface area contributed by atoms with Crippen molar-refractivity contribution in [3.8, 4) is 33.4 Å². The van der Waals surface area contributed by atoms with Crippen LogP contribution in [0.3, 0.4) is 0 Å². The first-order chi connectivity index (χ1) is 48.2. The normalized spacial score (nSPS) is 16.9. The van der Waals surface area contributed by atoms with Gasteiger partial charge in [-0.2, -0.15) is 9.13 Å². The van der Waals surface area contributed by atoms with Gasteiger partial charge in [-0.3, -0.25) is 0 Å². The number of nitrogens with zero attached hydrogens (tertiary/aromatic N) is 2. The lowest BCUT2D eigenvalue weighted by Crippen LogP contribution is -2.46. The molecule has 16 aromatic rings. The van der Waals surface area contributed by atoms with E-state index in [0.29, 0.717) is 10.5 Å². The molecule has 8 heteroatoms. The molecule has 0 fully saturated rings. The number of rotatable bonds is 4. The standard InChI is InChI=1S/C45H29ClN.C31H21BrN.C14H10BClO2/c46-33-20-23-35-32(27-33)17-16-31-26-29(18-21-34(31)35)30-19-22-37-36-10-2-5-13-40(36)45(43(37)28-30)41-14-6-3-11-38(41)44(47-24-8-1-9-25-47)39-12-4-7-15-42(39)45;32-21-16-17-23-22-10-2-5-13-26(22)31(29(23)20-21)27-14-6-3-11-24(27)30(33-18-8-1-9-19-33)25-12-4-7-15-28(25)31;16-12-4-6-14-10(8-12)2-1-9-7-11(15(17)18)3-5-13(9)14/h1-28,44H;1-20,30H;1-8,17-18H/q2*+1;. The van der Waals surface area contributed by atoms with Gasteiger partial charge in [-0.1, -0.05) is 282 Å². The Morgan fingerprint density at radius 1 is 0.296 bits per heavy atom. The molecule has 2 N–H and O–H groups in total. The molecule has 4 aliphatic rings. The van der Waals surface area contributed by atoms with E-state index in [1.165, 1.54) is 116 Å². The van der Waals surface area contributed by atoms with E-state index in [1.807, 2.05) is 48.5 Å². The summed E-state index contributed by atoms with van der Waals surface area (Å²) in [6.45, 7) is 0. The first-order valence-corrected chi connectivity index (χ1v) is 34.8. The fourth-order valence-corrected chi connectivity index (χ4v) is 17.8. The van der Waals surface area contributed by atoms with Crippen LogP contribution in [0.25, 0.3) is 76.5 Å². The summed E-state index contributed by atoms with van der Waals surface area (Å²) in [5.41, 5.74) is 23.7. The van der Waals surface area contributed by atoms with E-state index < -0.39 is 12.5 Å². The Kier molecular flexibility index (Phi) is 14.6. The van der Waals surface area contributed by atoms with E-state index in [2.05, 4.69) is 305 Å². The molecule has 98 heavy (non-hydrogen) atoms. The van der Waals surface area contributed by atoms with Crippen molar-refractivity contribution >= 4 is 94.8 Å². The lowest BCUT2D eigenvalue weighted by molar-refractivity contribution is -0.705. The fraction of sp³-hybridized carbons (Fsp3) is 0.0444. The van der Waals surface area contributed by atoms with Gasteiger partial charge in [0.05, 0.1) is 10.8 Å². The molecule has 0 atom stereocenters. The molecule has 0 radical (unpaired) electrons. The minimum absolute atomic E-state index is 0.0822. The van der Waals surface area contributed by atoms with Gasteiger partial charge in [0.2, 0.25) is 12.1 Å². The molecule has 0 saturated heterocycles. The highest BCUT2D eigenvalue weighted by molar-refractivity contribution is 9.10. The molecule has 0 bridgehead atoms. The van der Waals surface area contributed by atoms with Crippen molar-refractivity contribution in [1.29, 1.82) is 0 Å². The molecule has 20 rings (SSSR count). The SMILES string of the molecule is Brc1ccc2c(c1)C1(c3ccccc3-2)c2ccccc2C([n+]2ccccc2)c2ccccc21.Clc1ccc2c(ccc3cc(-c4ccc5c(c4)C4(c6ccccc6-5)c5ccccc5C([n+]5ccccc5)c5ccccc54)ccc32)c1.OB(O)c1ccc2c(ccc3cc(Cl)ccc32)c1. The minimum atomic E-state index is -1.43. The van der Waals surface area contributed by atoms with Crippen molar-refractivity contribution in [3.63, 3.8) is 0 Å². The highest BCUT2D eigenvalue weighted by atomic mass is 79.9. The quantitative estimate of drug-likeness (QED) is 0.105. The van der Waals surface area contributed by atoms with Crippen molar-refractivity contribution in [1.82, 2.24) is 0 Å². The molecule has 0 unspecified atom stereocenters. The summed E-state index contributed by atoms with van der Waals surface area (Å²) >= 11 is 16.1. The van der Waals surface area contributed by atoms with Crippen molar-refractivity contribution in [2.75, 3.05) is 0 Å². The summed E-state index contributed by atoms with van der Waals surface area (Å²) in [7, 11) is -1.43. The summed E-state index contributed by atoms with van der Waals surface area (Å²) in [6.07, 6.45) is 8.76.